The highest BCUT2D eigenvalue weighted by Crippen LogP contribution is 1.75. The maximum Gasteiger partial charge on any atom is 0.209 e. The van der Waals surface area contributed by atoms with Gasteiger partial charge in [-0.1, -0.05) is 0 Å². The molecule has 0 aromatic carbocycles. The van der Waals surface area contributed by atoms with E-state index in [9.17, 15) is 4.79 Å². The van der Waals surface area contributed by atoms with E-state index >= 15 is 0 Å². The van der Waals surface area contributed by atoms with Gasteiger partial charge in [0.25, 0.3) is 0 Å². The summed E-state index contributed by atoms with van der Waals surface area (Å²) in [4.78, 5) is 11.6. The number of nitrogens with zero attached hydrogens (tertiary/aromatic N) is 1. The first-order valence-electron chi connectivity index (χ1n) is 2.54. The van der Waals surface area contributed by atoms with Crippen LogP contribution in [0.15, 0.2) is 0 Å². The van der Waals surface area contributed by atoms with Gasteiger partial charge in [0.1, 0.15) is 0 Å². The van der Waals surface area contributed by atoms with Gasteiger partial charge in [0, 0.05) is 13.1 Å². The van der Waals surface area contributed by atoms with Crippen molar-refractivity contribution >= 4 is 6.41 Å². The van der Waals surface area contributed by atoms with E-state index < -0.39 is 0 Å². The quantitative estimate of drug-likeness (QED) is 0.561. The van der Waals surface area contributed by atoms with Crippen LogP contribution < -0.4 is 12.3 Å². The summed E-state index contributed by atoms with van der Waals surface area (Å²) < 4.78 is 0. The topological polar surface area (TPSA) is 90.3 Å². The third kappa shape index (κ3) is 7.39. The Bertz CT molecular complexity index is 54.2. The van der Waals surface area contributed by atoms with E-state index in [1.54, 1.807) is 4.90 Å². The van der Waals surface area contributed by atoms with Gasteiger partial charge in [0.15, 0.2) is 0 Å². The Labute approximate surface area is 56.4 Å². The largest absolute Gasteiger partial charge is 0.346 e. The third-order valence-electron chi connectivity index (χ3n) is 0.961. The molecule has 0 saturated heterocycles. The average Bonchev–Trinajstić information content (AvgIpc) is 1.72. The number of hydrogen-bond acceptors (Lipinski definition) is 3. The molecule has 58 valence electrons. The number of amides is 1. The molecule has 9 heavy (non-hydrogen) atoms. The van der Waals surface area contributed by atoms with Crippen LogP contribution >= 0.6 is 0 Å². The smallest absolute Gasteiger partial charge is 0.209 e. The summed E-state index contributed by atoms with van der Waals surface area (Å²) in [5.74, 6) is 0. The van der Waals surface area contributed by atoms with Crippen LogP contribution in [0.5, 0.6) is 0 Å². The van der Waals surface area contributed by atoms with E-state index in [0.717, 1.165) is 19.5 Å². The first-order chi connectivity index (χ1) is 3.35. The van der Waals surface area contributed by atoms with E-state index in [2.05, 4.69) is 0 Å². The maximum atomic E-state index is 9.89. The predicted octanol–water partition coefficient (Wildman–Crippen LogP) is 0.809. The van der Waals surface area contributed by atoms with Crippen LogP contribution in [-0.2, 0) is 4.79 Å². The van der Waals surface area contributed by atoms with Gasteiger partial charge < -0.3 is 17.2 Å². The average molecular weight is 135 g/mol. The molecule has 0 unspecified atom stereocenters. The van der Waals surface area contributed by atoms with Crippen LogP contribution in [0.4, 0.5) is 0 Å². The molecule has 0 bridgehead atoms. The van der Waals surface area contributed by atoms with Gasteiger partial charge in [-0.15, -0.1) is 0 Å². The molecule has 6 N–H and O–H groups in total. The molecule has 4 nitrogen and oxygen atoms in total. The number of rotatable bonds is 3. The van der Waals surface area contributed by atoms with E-state index in [0.29, 0.717) is 0 Å². The van der Waals surface area contributed by atoms with Crippen molar-refractivity contribution in [1.82, 2.24) is 17.2 Å². The minimum atomic E-state index is 0. The second kappa shape index (κ2) is 10.4. The molecule has 0 saturated carbocycles. The van der Waals surface area contributed by atoms with Gasteiger partial charge >= 0.3 is 0 Å². The van der Waals surface area contributed by atoms with Crippen molar-refractivity contribution in [2.75, 3.05) is 13.1 Å². The molecular formula is C5H17N3O. The second-order valence-corrected chi connectivity index (χ2v) is 1.33. The maximum absolute atomic E-state index is 9.89. The Kier molecular flexibility index (Phi) is 18.2. The lowest BCUT2D eigenvalue weighted by Gasteiger charge is -2.08. The fourth-order valence-corrected chi connectivity index (χ4v) is 0.373. The van der Waals surface area contributed by atoms with Crippen molar-refractivity contribution in [3.8, 4) is 0 Å². The van der Waals surface area contributed by atoms with Gasteiger partial charge in [0.05, 0.1) is 0 Å². The zero-order chi connectivity index (χ0) is 5.70. The lowest BCUT2D eigenvalue weighted by atomic mass is 10.6. The summed E-state index contributed by atoms with van der Waals surface area (Å²) in [7, 11) is 0. The van der Waals surface area contributed by atoms with Gasteiger partial charge in [-0.25, -0.2) is 0 Å². The molecule has 1 amide bonds. The fraction of sp³-hybridized carbons (Fsp3) is 0.800. The van der Waals surface area contributed by atoms with E-state index in [1.165, 1.54) is 0 Å². The molecule has 0 aliphatic heterocycles. The van der Waals surface area contributed by atoms with E-state index in [-0.39, 0.29) is 12.3 Å². The van der Waals surface area contributed by atoms with E-state index in [1.807, 2.05) is 13.8 Å². The lowest BCUT2D eigenvalue weighted by Crippen LogP contribution is -2.19. The van der Waals surface area contributed by atoms with Crippen molar-refractivity contribution in [3.05, 3.63) is 0 Å². The number of carbonyl (C=O) groups is 1. The first-order valence-corrected chi connectivity index (χ1v) is 2.54. The Morgan fingerprint density at radius 1 is 1.22 bits per heavy atom. The van der Waals surface area contributed by atoms with Crippen molar-refractivity contribution < 1.29 is 4.79 Å². The second-order valence-electron chi connectivity index (χ2n) is 1.33. The Hall–Kier alpha value is -0.610. The minimum absolute atomic E-state index is 0. The van der Waals surface area contributed by atoms with Crippen molar-refractivity contribution in [2.45, 2.75) is 13.8 Å². The van der Waals surface area contributed by atoms with Gasteiger partial charge in [-0.3, -0.25) is 4.79 Å². The summed E-state index contributed by atoms with van der Waals surface area (Å²) in [6.45, 7) is 5.55. The van der Waals surface area contributed by atoms with Gasteiger partial charge in [0.2, 0.25) is 6.41 Å². The molecule has 0 rings (SSSR count). The zero-order valence-electron chi connectivity index (χ0n) is 6.26. The van der Waals surface area contributed by atoms with Crippen LogP contribution in [-0.4, -0.2) is 24.4 Å². The summed E-state index contributed by atoms with van der Waals surface area (Å²) in [5.41, 5.74) is 0. The summed E-state index contributed by atoms with van der Waals surface area (Å²) >= 11 is 0. The monoisotopic (exact) mass is 135 g/mol. The van der Waals surface area contributed by atoms with Crippen LogP contribution in [0.25, 0.3) is 0 Å². The van der Waals surface area contributed by atoms with E-state index in [4.69, 9.17) is 0 Å². The van der Waals surface area contributed by atoms with Crippen LogP contribution in [0.1, 0.15) is 13.8 Å². The molecule has 0 aromatic heterocycles. The molecule has 0 radical (unpaired) electrons. The van der Waals surface area contributed by atoms with Crippen molar-refractivity contribution in [3.63, 3.8) is 0 Å². The lowest BCUT2D eigenvalue weighted by molar-refractivity contribution is -0.117. The highest BCUT2D eigenvalue weighted by molar-refractivity contribution is 5.46. The normalized spacial score (nSPS) is 6.44. The Balaban J connectivity index is -0.000000180. The van der Waals surface area contributed by atoms with Crippen molar-refractivity contribution in [2.24, 2.45) is 0 Å². The molecule has 0 atom stereocenters. The predicted molar refractivity (Wildman–Crippen MR) is 39.0 cm³/mol. The molecule has 0 fully saturated rings. The first kappa shape index (κ1) is 15.8. The third-order valence-corrected chi connectivity index (χ3v) is 0.961. The summed E-state index contributed by atoms with van der Waals surface area (Å²) in [6, 6.07) is 0. The molecule has 0 aliphatic carbocycles. The highest BCUT2D eigenvalue weighted by Gasteiger charge is 1.87. The molecule has 0 aromatic rings. The number of hydrogen-bond donors (Lipinski definition) is 2. The fourth-order valence-electron chi connectivity index (χ4n) is 0.373. The van der Waals surface area contributed by atoms with Gasteiger partial charge in [-0.2, -0.15) is 0 Å². The van der Waals surface area contributed by atoms with Crippen LogP contribution in [0, 0.1) is 0 Å². The summed E-state index contributed by atoms with van der Waals surface area (Å²) in [5, 5.41) is 0. The van der Waals surface area contributed by atoms with Crippen LogP contribution in [0.2, 0.25) is 0 Å². The Morgan fingerprint density at radius 3 is 1.56 bits per heavy atom. The molecular weight excluding hydrogens is 118 g/mol. The molecule has 0 spiro atoms. The zero-order valence-corrected chi connectivity index (χ0v) is 6.26. The summed E-state index contributed by atoms with van der Waals surface area (Å²) in [6.07, 6.45) is 0.861. The molecule has 4 heteroatoms. The van der Waals surface area contributed by atoms with Crippen molar-refractivity contribution in [1.29, 1.82) is 0 Å². The van der Waals surface area contributed by atoms with Gasteiger partial charge in [-0.05, 0) is 13.8 Å². The SMILES string of the molecule is CCN(C=O)CC.N.N. The van der Waals surface area contributed by atoms with Crippen LogP contribution in [0.3, 0.4) is 0 Å². The molecule has 0 heterocycles. The Morgan fingerprint density at radius 2 is 1.56 bits per heavy atom. The molecule has 0 aliphatic rings. The highest BCUT2D eigenvalue weighted by atomic mass is 16.1. The minimum Gasteiger partial charge on any atom is -0.346 e. The number of carbonyl (C=O) groups excluding carboxylic acids is 1. The standard InChI is InChI=1S/C5H11NO.2H3N/c1-3-6(4-2)5-7;;/h5H,3-4H2,1-2H3;2*1H3.